The molecule has 0 aromatic heterocycles. The molecule has 1 fully saturated rings. The molecule has 0 saturated heterocycles. The predicted octanol–water partition coefficient (Wildman–Crippen LogP) is 2.02. The first kappa shape index (κ1) is 14.8. The second-order valence-electron chi connectivity index (χ2n) is 5.18. The van der Waals surface area contributed by atoms with Crippen molar-refractivity contribution < 1.29 is 4.79 Å². The average molecular weight is 258 g/mol. The predicted molar refractivity (Wildman–Crippen MR) is 75.4 cm³/mol. The van der Waals surface area contributed by atoms with Crippen LogP contribution in [0.25, 0.3) is 0 Å². The summed E-state index contributed by atoms with van der Waals surface area (Å²) in [4.78, 5) is 11.9. The van der Waals surface area contributed by atoms with E-state index in [0.29, 0.717) is 12.0 Å². The summed E-state index contributed by atoms with van der Waals surface area (Å²) in [6, 6.07) is 0.357. The minimum Gasteiger partial charge on any atom is -0.352 e. The summed E-state index contributed by atoms with van der Waals surface area (Å²) in [7, 11) is 0. The van der Waals surface area contributed by atoms with Gasteiger partial charge in [0.15, 0.2) is 0 Å². The van der Waals surface area contributed by atoms with Gasteiger partial charge in [0.05, 0.1) is 6.04 Å². The average Bonchev–Trinajstić information content (AvgIpc) is 2.79. The molecule has 0 radical (unpaired) electrons. The monoisotopic (exact) mass is 258 g/mol. The topological polar surface area (TPSA) is 41.1 Å². The first-order valence-electron chi connectivity index (χ1n) is 6.66. The van der Waals surface area contributed by atoms with Crippen LogP contribution in [0.15, 0.2) is 0 Å². The third-order valence-electron chi connectivity index (χ3n) is 3.32. The van der Waals surface area contributed by atoms with Gasteiger partial charge in [0.25, 0.3) is 0 Å². The Bertz CT molecular complexity index is 229. The van der Waals surface area contributed by atoms with Gasteiger partial charge in [-0.3, -0.25) is 4.79 Å². The van der Waals surface area contributed by atoms with Crippen LogP contribution in [0.4, 0.5) is 0 Å². The maximum atomic E-state index is 11.9. The minimum absolute atomic E-state index is 0.0695. The number of thioether (sulfide) groups is 1. The zero-order chi connectivity index (χ0) is 12.7. The molecule has 0 aromatic carbocycles. The van der Waals surface area contributed by atoms with E-state index in [2.05, 4.69) is 23.8 Å². The first-order valence-corrected chi connectivity index (χ1v) is 8.05. The Morgan fingerprint density at radius 2 is 2.00 bits per heavy atom. The second-order valence-corrected chi connectivity index (χ2v) is 6.09. The molecule has 17 heavy (non-hydrogen) atoms. The summed E-state index contributed by atoms with van der Waals surface area (Å²) in [5, 5.41) is 6.44. The van der Waals surface area contributed by atoms with Gasteiger partial charge in [-0.15, -0.1) is 0 Å². The number of rotatable bonds is 7. The fourth-order valence-electron chi connectivity index (χ4n) is 2.21. The van der Waals surface area contributed by atoms with Crippen molar-refractivity contribution in [3.8, 4) is 0 Å². The normalized spacial score (nSPS) is 20.2. The lowest BCUT2D eigenvalue weighted by Crippen LogP contribution is -2.46. The second kappa shape index (κ2) is 7.98. The Morgan fingerprint density at radius 1 is 1.35 bits per heavy atom. The summed E-state index contributed by atoms with van der Waals surface area (Å²) in [5.74, 6) is 1.92. The fourth-order valence-corrected chi connectivity index (χ4v) is 2.90. The molecule has 1 aliphatic carbocycles. The van der Waals surface area contributed by atoms with Crippen LogP contribution in [-0.2, 0) is 4.79 Å². The van der Waals surface area contributed by atoms with Crippen molar-refractivity contribution in [3.05, 3.63) is 0 Å². The summed E-state index contributed by atoms with van der Waals surface area (Å²) in [6.07, 6.45) is 6.95. The summed E-state index contributed by atoms with van der Waals surface area (Å²) in [5.41, 5.74) is 0. The van der Waals surface area contributed by atoms with Gasteiger partial charge >= 0.3 is 0 Å². The van der Waals surface area contributed by atoms with Crippen molar-refractivity contribution in [2.75, 3.05) is 18.6 Å². The highest BCUT2D eigenvalue weighted by Crippen LogP contribution is 2.17. The van der Waals surface area contributed by atoms with Crippen LogP contribution in [0, 0.1) is 5.92 Å². The molecule has 1 aliphatic rings. The number of carbonyl (C=O) groups excluding carboxylic acids is 1. The van der Waals surface area contributed by atoms with E-state index >= 15 is 0 Å². The van der Waals surface area contributed by atoms with Crippen molar-refractivity contribution in [2.45, 2.75) is 51.6 Å². The molecule has 0 heterocycles. The van der Waals surface area contributed by atoms with Crippen molar-refractivity contribution >= 4 is 17.7 Å². The van der Waals surface area contributed by atoms with E-state index in [-0.39, 0.29) is 11.9 Å². The van der Waals surface area contributed by atoms with Gasteiger partial charge in [-0.25, -0.2) is 0 Å². The molecular weight excluding hydrogens is 232 g/mol. The highest BCUT2D eigenvalue weighted by Gasteiger charge is 2.20. The van der Waals surface area contributed by atoms with Gasteiger partial charge in [0, 0.05) is 6.04 Å². The van der Waals surface area contributed by atoms with Crippen LogP contribution in [0.3, 0.4) is 0 Å². The molecule has 0 aromatic rings. The lowest BCUT2D eigenvalue weighted by molar-refractivity contribution is -0.123. The molecule has 0 bridgehead atoms. The summed E-state index contributed by atoms with van der Waals surface area (Å²) < 4.78 is 0. The quantitative estimate of drug-likeness (QED) is 0.734. The highest BCUT2D eigenvalue weighted by molar-refractivity contribution is 7.98. The third kappa shape index (κ3) is 5.77. The molecule has 4 heteroatoms. The van der Waals surface area contributed by atoms with E-state index in [0.717, 1.165) is 25.1 Å². The summed E-state index contributed by atoms with van der Waals surface area (Å²) >= 11 is 1.86. The highest BCUT2D eigenvalue weighted by atomic mass is 32.2. The van der Waals surface area contributed by atoms with Gasteiger partial charge in [0.2, 0.25) is 5.91 Å². The number of nitrogens with one attached hydrogen (secondary N) is 2. The van der Waals surface area contributed by atoms with E-state index in [9.17, 15) is 4.79 Å². The molecule has 2 atom stereocenters. The number of amides is 1. The van der Waals surface area contributed by atoms with E-state index in [1.54, 1.807) is 0 Å². The first-order chi connectivity index (χ1) is 8.13. The van der Waals surface area contributed by atoms with Gasteiger partial charge in [0.1, 0.15) is 0 Å². The molecule has 3 nitrogen and oxygen atoms in total. The molecule has 2 N–H and O–H groups in total. The Kier molecular flexibility index (Phi) is 6.97. The van der Waals surface area contributed by atoms with Crippen LogP contribution in [0.5, 0.6) is 0 Å². The Hall–Kier alpha value is -0.220. The molecular formula is C13H26N2OS. The number of hydrogen-bond acceptors (Lipinski definition) is 3. The molecule has 1 amide bonds. The zero-order valence-electron chi connectivity index (χ0n) is 11.3. The molecule has 0 aliphatic heterocycles. The van der Waals surface area contributed by atoms with Crippen LogP contribution < -0.4 is 10.6 Å². The molecule has 1 rings (SSSR count). The van der Waals surface area contributed by atoms with Gasteiger partial charge < -0.3 is 10.6 Å². The maximum Gasteiger partial charge on any atom is 0.237 e. The Labute approximate surface area is 109 Å². The zero-order valence-corrected chi connectivity index (χ0v) is 12.1. The van der Waals surface area contributed by atoms with Crippen molar-refractivity contribution in [2.24, 2.45) is 5.92 Å². The molecule has 1 saturated carbocycles. The van der Waals surface area contributed by atoms with Crippen LogP contribution in [-0.4, -0.2) is 36.5 Å². The van der Waals surface area contributed by atoms with Crippen LogP contribution in [0.1, 0.15) is 39.5 Å². The van der Waals surface area contributed by atoms with E-state index in [1.165, 1.54) is 12.8 Å². The Morgan fingerprint density at radius 3 is 2.59 bits per heavy atom. The lowest BCUT2D eigenvalue weighted by atomic mass is 10.2. The number of carbonyl (C=O) groups is 1. The standard InChI is InChI=1S/C13H26N2OS/c1-10(9-17-3)8-14-11(2)13(16)15-12-6-4-5-7-12/h10-12,14H,4-9H2,1-3H3,(H,15,16). The van der Waals surface area contributed by atoms with Crippen molar-refractivity contribution in [1.82, 2.24) is 10.6 Å². The molecule has 2 unspecified atom stereocenters. The van der Waals surface area contributed by atoms with Crippen LogP contribution in [0.2, 0.25) is 0 Å². The van der Waals surface area contributed by atoms with Gasteiger partial charge in [-0.1, -0.05) is 19.8 Å². The largest absolute Gasteiger partial charge is 0.352 e. The van der Waals surface area contributed by atoms with E-state index < -0.39 is 0 Å². The van der Waals surface area contributed by atoms with Gasteiger partial charge in [-0.05, 0) is 44.2 Å². The molecule has 0 spiro atoms. The fraction of sp³-hybridized carbons (Fsp3) is 0.923. The number of hydrogen-bond donors (Lipinski definition) is 2. The minimum atomic E-state index is -0.0695. The van der Waals surface area contributed by atoms with Crippen LogP contribution >= 0.6 is 11.8 Å². The Balaban J connectivity index is 2.17. The van der Waals surface area contributed by atoms with Crippen molar-refractivity contribution in [3.63, 3.8) is 0 Å². The van der Waals surface area contributed by atoms with Crippen molar-refractivity contribution in [1.29, 1.82) is 0 Å². The van der Waals surface area contributed by atoms with E-state index in [4.69, 9.17) is 0 Å². The van der Waals surface area contributed by atoms with Gasteiger partial charge in [-0.2, -0.15) is 11.8 Å². The third-order valence-corrected chi connectivity index (χ3v) is 4.22. The smallest absolute Gasteiger partial charge is 0.237 e. The molecule has 100 valence electrons. The SMILES string of the molecule is CSCC(C)CNC(C)C(=O)NC1CCCC1. The lowest BCUT2D eigenvalue weighted by Gasteiger charge is -2.19. The van der Waals surface area contributed by atoms with E-state index in [1.807, 2.05) is 18.7 Å². The summed E-state index contributed by atoms with van der Waals surface area (Å²) in [6.45, 7) is 5.08. The maximum absolute atomic E-state index is 11.9.